The minimum atomic E-state index is -1.28. The van der Waals surface area contributed by atoms with Crippen molar-refractivity contribution in [2.24, 2.45) is 0 Å². The Hall–Kier alpha value is -2.37. The van der Waals surface area contributed by atoms with Crippen molar-refractivity contribution in [1.29, 1.82) is 0 Å². The number of aromatic amines is 1. The number of fused-ring (bicyclic) bond motifs is 1. The molecule has 6 heteroatoms. The summed E-state index contributed by atoms with van der Waals surface area (Å²) in [5.41, 5.74) is 2.91. The molecule has 0 saturated heterocycles. The fourth-order valence-corrected chi connectivity index (χ4v) is 2.65. The monoisotopic (exact) mass is 329 g/mol. The van der Waals surface area contributed by atoms with Crippen LogP contribution in [0, 0.1) is 0 Å². The summed E-state index contributed by atoms with van der Waals surface area (Å²) in [5.74, 6) is -0.506. The van der Waals surface area contributed by atoms with Crippen LogP contribution in [0.4, 0.5) is 5.69 Å². The van der Waals surface area contributed by atoms with E-state index in [4.69, 9.17) is 11.6 Å². The Kier molecular flexibility index (Phi) is 4.32. The number of amides is 1. The third-order valence-corrected chi connectivity index (χ3v) is 3.90. The van der Waals surface area contributed by atoms with E-state index in [0.717, 1.165) is 23.0 Å². The second kappa shape index (κ2) is 6.40. The average molecular weight is 330 g/mol. The van der Waals surface area contributed by atoms with Crippen LogP contribution in [0.1, 0.15) is 24.3 Å². The molecule has 0 aliphatic carbocycles. The van der Waals surface area contributed by atoms with Gasteiger partial charge in [-0.15, -0.1) is 0 Å². The Morgan fingerprint density at radius 3 is 2.91 bits per heavy atom. The van der Waals surface area contributed by atoms with Crippen molar-refractivity contribution in [3.05, 3.63) is 58.7 Å². The van der Waals surface area contributed by atoms with Gasteiger partial charge < -0.3 is 10.4 Å². The molecular weight excluding hydrogens is 314 g/mol. The number of hydrogen-bond acceptors (Lipinski definition) is 3. The van der Waals surface area contributed by atoms with Crippen molar-refractivity contribution in [1.82, 2.24) is 10.2 Å². The number of nitrogens with one attached hydrogen (secondary N) is 2. The average Bonchev–Trinajstić information content (AvgIpc) is 2.96. The molecule has 0 radical (unpaired) electrons. The molecule has 1 aromatic heterocycles. The lowest BCUT2D eigenvalue weighted by Gasteiger charge is -2.12. The van der Waals surface area contributed by atoms with E-state index in [2.05, 4.69) is 15.5 Å². The van der Waals surface area contributed by atoms with Crippen molar-refractivity contribution in [3.63, 3.8) is 0 Å². The first-order valence-corrected chi connectivity index (χ1v) is 7.67. The molecule has 0 saturated carbocycles. The zero-order chi connectivity index (χ0) is 16.4. The van der Waals surface area contributed by atoms with Crippen molar-refractivity contribution in [2.75, 3.05) is 5.32 Å². The van der Waals surface area contributed by atoms with E-state index in [1.54, 1.807) is 30.3 Å². The molecule has 0 spiro atoms. The Balaban J connectivity index is 1.82. The molecule has 0 fully saturated rings. The van der Waals surface area contributed by atoms with E-state index in [1.807, 2.05) is 19.1 Å². The second-order valence-corrected chi connectivity index (χ2v) is 5.67. The lowest BCUT2D eigenvalue weighted by molar-refractivity contribution is -0.124. The Bertz CT molecular complexity index is 860. The number of aromatic nitrogens is 2. The number of halogens is 1. The maximum atomic E-state index is 12.2. The molecule has 1 amide bonds. The SMILES string of the molecule is CCc1[nH]nc2ccc(NC(=O)C(O)c3cccc(Cl)c3)cc12. The van der Waals surface area contributed by atoms with E-state index in [0.29, 0.717) is 16.3 Å². The molecule has 118 valence electrons. The molecular formula is C17H16ClN3O2. The standard InChI is InChI=1S/C17H16ClN3O2/c1-2-14-13-9-12(6-7-15(13)21-20-14)19-17(23)16(22)10-4-3-5-11(18)8-10/h3-9,16,22H,2H2,1H3,(H,19,23)(H,20,21). The summed E-state index contributed by atoms with van der Waals surface area (Å²) in [4.78, 5) is 12.2. The number of aliphatic hydroxyl groups is 1. The number of H-pyrrole nitrogens is 1. The van der Waals surface area contributed by atoms with E-state index < -0.39 is 12.0 Å². The molecule has 1 unspecified atom stereocenters. The summed E-state index contributed by atoms with van der Waals surface area (Å²) in [6.07, 6.45) is -0.460. The quantitative estimate of drug-likeness (QED) is 0.686. The van der Waals surface area contributed by atoms with Crippen LogP contribution in [-0.2, 0) is 11.2 Å². The first-order chi connectivity index (χ1) is 11.1. The Labute approximate surface area is 138 Å². The Morgan fingerprint density at radius 2 is 2.17 bits per heavy atom. The van der Waals surface area contributed by atoms with Crippen molar-refractivity contribution in [3.8, 4) is 0 Å². The Morgan fingerprint density at radius 1 is 1.35 bits per heavy atom. The smallest absolute Gasteiger partial charge is 0.257 e. The number of rotatable bonds is 4. The molecule has 3 rings (SSSR count). The van der Waals surface area contributed by atoms with Crippen molar-refractivity contribution < 1.29 is 9.90 Å². The minimum absolute atomic E-state index is 0.452. The van der Waals surface area contributed by atoms with Crippen LogP contribution < -0.4 is 5.32 Å². The van der Waals surface area contributed by atoms with Crippen LogP contribution >= 0.6 is 11.6 Å². The number of carbonyl (C=O) groups is 1. The third kappa shape index (κ3) is 3.21. The number of benzene rings is 2. The topological polar surface area (TPSA) is 78.0 Å². The molecule has 0 bridgehead atoms. The number of aryl methyl sites for hydroxylation is 1. The number of carbonyl (C=O) groups excluding carboxylic acids is 1. The third-order valence-electron chi connectivity index (χ3n) is 3.67. The van der Waals surface area contributed by atoms with Gasteiger partial charge in [-0.2, -0.15) is 5.10 Å². The molecule has 5 nitrogen and oxygen atoms in total. The predicted molar refractivity (Wildman–Crippen MR) is 90.5 cm³/mol. The van der Waals surface area contributed by atoms with Gasteiger partial charge in [-0.1, -0.05) is 30.7 Å². The highest BCUT2D eigenvalue weighted by Gasteiger charge is 2.18. The summed E-state index contributed by atoms with van der Waals surface area (Å²) in [5, 5.41) is 21.5. The first kappa shape index (κ1) is 15.5. The fraction of sp³-hybridized carbons (Fsp3) is 0.176. The second-order valence-electron chi connectivity index (χ2n) is 5.23. The van der Waals surface area contributed by atoms with Crippen molar-refractivity contribution in [2.45, 2.75) is 19.4 Å². The highest BCUT2D eigenvalue weighted by molar-refractivity contribution is 6.30. The van der Waals surface area contributed by atoms with Gasteiger partial charge in [0.25, 0.3) is 5.91 Å². The molecule has 0 aliphatic rings. The summed E-state index contributed by atoms with van der Waals surface area (Å²) < 4.78 is 0. The lowest BCUT2D eigenvalue weighted by atomic mass is 10.1. The number of aliphatic hydroxyl groups excluding tert-OH is 1. The van der Waals surface area contributed by atoms with Crippen LogP contribution in [0.3, 0.4) is 0 Å². The van der Waals surface area contributed by atoms with Crippen LogP contribution in [-0.4, -0.2) is 21.2 Å². The molecule has 1 atom stereocenters. The van der Waals surface area contributed by atoms with E-state index in [9.17, 15) is 9.90 Å². The first-order valence-electron chi connectivity index (χ1n) is 7.30. The van der Waals surface area contributed by atoms with Crippen LogP contribution in [0.15, 0.2) is 42.5 Å². The summed E-state index contributed by atoms with van der Waals surface area (Å²) in [7, 11) is 0. The maximum Gasteiger partial charge on any atom is 0.257 e. The van der Waals surface area contributed by atoms with Crippen LogP contribution in [0.2, 0.25) is 5.02 Å². The van der Waals surface area contributed by atoms with E-state index >= 15 is 0 Å². The number of anilines is 1. The van der Waals surface area contributed by atoms with Crippen molar-refractivity contribution >= 4 is 34.1 Å². The van der Waals surface area contributed by atoms with Gasteiger partial charge in [0, 0.05) is 21.8 Å². The lowest BCUT2D eigenvalue weighted by Crippen LogP contribution is -2.20. The van der Waals surface area contributed by atoms with Gasteiger partial charge >= 0.3 is 0 Å². The largest absolute Gasteiger partial charge is 0.378 e. The highest BCUT2D eigenvalue weighted by atomic mass is 35.5. The van der Waals surface area contributed by atoms with Gasteiger partial charge in [-0.05, 0) is 42.3 Å². The molecule has 1 heterocycles. The van der Waals surface area contributed by atoms with Gasteiger partial charge in [-0.3, -0.25) is 9.89 Å². The van der Waals surface area contributed by atoms with Gasteiger partial charge in [0.2, 0.25) is 0 Å². The fourth-order valence-electron chi connectivity index (χ4n) is 2.45. The molecule has 2 aromatic carbocycles. The van der Waals surface area contributed by atoms with E-state index in [-0.39, 0.29) is 0 Å². The van der Waals surface area contributed by atoms with Crippen LogP contribution in [0.5, 0.6) is 0 Å². The van der Waals surface area contributed by atoms with Crippen LogP contribution in [0.25, 0.3) is 10.9 Å². The van der Waals surface area contributed by atoms with Gasteiger partial charge in [0.15, 0.2) is 6.10 Å². The van der Waals surface area contributed by atoms with Gasteiger partial charge in [0.05, 0.1) is 5.52 Å². The summed E-state index contributed by atoms with van der Waals surface area (Å²) >= 11 is 5.89. The predicted octanol–water partition coefficient (Wildman–Crippen LogP) is 3.45. The number of nitrogens with zero attached hydrogens (tertiary/aromatic N) is 1. The summed E-state index contributed by atoms with van der Waals surface area (Å²) in [6, 6.07) is 12.0. The maximum absolute atomic E-state index is 12.2. The normalized spacial score (nSPS) is 12.3. The zero-order valence-corrected chi connectivity index (χ0v) is 13.3. The van der Waals surface area contributed by atoms with E-state index in [1.165, 1.54) is 0 Å². The molecule has 3 aromatic rings. The molecule has 0 aliphatic heterocycles. The molecule has 23 heavy (non-hydrogen) atoms. The summed E-state index contributed by atoms with van der Waals surface area (Å²) in [6.45, 7) is 2.03. The van der Waals surface area contributed by atoms with Gasteiger partial charge in [0.1, 0.15) is 0 Å². The number of hydrogen-bond donors (Lipinski definition) is 3. The molecule has 3 N–H and O–H groups in total. The van der Waals surface area contributed by atoms with Gasteiger partial charge in [-0.25, -0.2) is 0 Å². The highest BCUT2D eigenvalue weighted by Crippen LogP contribution is 2.23. The zero-order valence-electron chi connectivity index (χ0n) is 12.5. The minimum Gasteiger partial charge on any atom is -0.378 e.